The molecule has 3 fully saturated rings. The summed E-state index contributed by atoms with van der Waals surface area (Å²) in [6, 6.07) is 3.58. The van der Waals surface area contributed by atoms with E-state index in [4.69, 9.17) is 4.42 Å². The third kappa shape index (κ3) is 2.78. The van der Waals surface area contributed by atoms with Crippen molar-refractivity contribution in [3.05, 3.63) is 29.8 Å². The number of fused-ring (bicyclic) bond motifs is 3. The number of furan rings is 1. The van der Waals surface area contributed by atoms with Gasteiger partial charge in [0.2, 0.25) is 0 Å². The van der Waals surface area contributed by atoms with Gasteiger partial charge in [0.1, 0.15) is 5.69 Å². The predicted octanol–water partition coefficient (Wildman–Crippen LogP) is 1.11. The average molecular weight is 340 g/mol. The highest BCUT2D eigenvalue weighted by Gasteiger charge is 2.33. The van der Waals surface area contributed by atoms with E-state index in [9.17, 15) is 9.59 Å². The summed E-state index contributed by atoms with van der Waals surface area (Å²) in [5.74, 6) is 0.751. The molecule has 25 heavy (non-hydrogen) atoms. The second-order valence-electron chi connectivity index (χ2n) is 7.33. The number of carbonyl (C=O) groups excluding carboxylic acids is 2. The van der Waals surface area contributed by atoms with Crippen LogP contribution >= 0.6 is 0 Å². The zero-order valence-electron chi connectivity index (χ0n) is 13.9. The smallest absolute Gasteiger partial charge is 0.289 e. The highest BCUT2D eigenvalue weighted by atomic mass is 16.3. The summed E-state index contributed by atoms with van der Waals surface area (Å²) in [4.78, 5) is 32.9. The third-order valence-corrected chi connectivity index (χ3v) is 5.38. The van der Waals surface area contributed by atoms with Crippen LogP contribution in [0.4, 0.5) is 0 Å². The highest BCUT2D eigenvalue weighted by molar-refractivity contribution is 5.99. The van der Waals surface area contributed by atoms with Gasteiger partial charge in [0.05, 0.1) is 6.20 Å². The fourth-order valence-corrected chi connectivity index (χ4v) is 4.01. The van der Waals surface area contributed by atoms with Gasteiger partial charge in [-0.05, 0) is 37.4 Å². The molecule has 2 bridgehead atoms. The van der Waals surface area contributed by atoms with Crippen LogP contribution in [0, 0.1) is 5.92 Å². The Morgan fingerprint density at radius 2 is 2.08 bits per heavy atom. The lowest BCUT2D eigenvalue weighted by atomic mass is 9.97. The van der Waals surface area contributed by atoms with Crippen molar-refractivity contribution in [3.63, 3.8) is 0 Å². The van der Waals surface area contributed by atoms with Crippen LogP contribution in [0.5, 0.6) is 0 Å². The first-order valence-corrected chi connectivity index (χ1v) is 8.88. The maximum absolute atomic E-state index is 12.6. The Morgan fingerprint density at radius 3 is 2.88 bits per heavy atom. The first-order chi connectivity index (χ1) is 12.2. The first-order valence-electron chi connectivity index (χ1n) is 8.88. The van der Waals surface area contributed by atoms with Gasteiger partial charge in [-0.15, -0.1) is 0 Å². The molecule has 2 aromatic rings. The number of carbonyl (C=O) groups is 2. The van der Waals surface area contributed by atoms with E-state index in [0.717, 1.165) is 38.0 Å². The number of nitrogens with one attached hydrogen (secondary N) is 1. The molecular formula is C18H20N4O3. The van der Waals surface area contributed by atoms with Gasteiger partial charge in [0.25, 0.3) is 11.8 Å². The SMILES string of the molecule is O=C(N[C@@H]1C[C@@H]2CCN(C2)C1)c1cc2cc(C(=O)N3CC3)oc2cn1. The van der Waals surface area contributed by atoms with E-state index in [1.54, 1.807) is 17.0 Å². The van der Waals surface area contributed by atoms with Crippen LogP contribution in [0.15, 0.2) is 22.7 Å². The summed E-state index contributed by atoms with van der Waals surface area (Å²) < 4.78 is 5.56. The summed E-state index contributed by atoms with van der Waals surface area (Å²) in [6.45, 7) is 4.79. The van der Waals surface area contributed by atoms with Gasteiger partial charge in [-0.1, -0.05) is 0 Å². The van der Waals surface area contributed by atoms with Crippen LogP contribution in [0.3, 0.4) is 0 Å². The molecule has 0 aliphatic carbocycles. The van der Waals surface area contributed by atoms with Crippen LogP contribution < -0.4 is 5.32 Å². The Hall–Kier alpha value is -2.41. The number of rotatable bonds is 3. The van der Waals surface area contributed by atoms with Crippen molar-refractivity contribution in [2.24, 2.45) is 5.92 Å². The number of piperidine rings is 1. The quantitative estimate of drug-likeness (QED) is 0.847. The van der Waals surface area contributed by atoms with E-state index in [2.05, 4.69) is 15.2 Å². The van der Waals surface area contributed by atoms with E-state index < -0.39 is 0 Å². The lowest BCUT2D eigenvalue weighted by Crippen LogP contribution is -2.47. The number of hydrogen-bond donors (Lipinski definition) is 1. The molecule has 0 aromatic carbocycles. The predicted molar refractivity (Wildman–Crippen MR) is 90.3 cm³/mol. The molecule has 0 radical (unpaired) electrons. The molecule has 130 valence electrons. The first kappa shape index (κ1) is 14.9. The zero-order valence-corrected chi connectivity index (χ0v) is 13.9. The Morgan fingerprint density at radius 1 is 1.20 bits per heavy atom. The van der Waals surface area contributed by atoms with E-state index >= 15 is 0 Å². The van der Waals surface area contributed by atoms with Crippen LogP contribution in [0.2, 0.25) is 0 Å². The van der Waals surface area contributed by atoms with Gasteiger partial charge in [0.15, 0.2) is 11.3 Å². The summed E-state index contributed by atoms with van der Waals surface area (Å²) >= 11 is 0. The number of hydrogen-bond acceptors (Lipinski definition) is 5. The molecule has 3 atom stereocenters. The minimum absolute atomic E-state index is 0.103. The second kappa shape index (κ2) is 5.56. The summed E-state index contributed by atoms with van der Waals surface area (Å²) in [6.07, 6.45) is 3.81. The second-order valence-corrected chi connectivity index (χ2v) is 7.33. The number of aromatic nitrogens is 1. The van der Waals surface area contributed by atoms with Gasteiger partial charge in [-0.25, -0.2) is 4.98 Å². The lowest BCUT2D eigenvalue weighted by Gasteiger charge is -2.30. The van der Waals surface area contributed by atoms with Crippen LogP contribution in [0.1, 0.15) is 33.9 Å². The molecule has 7 heteroatoms. The van der Waals surface area contributed by atoms with Crippen molar-refractivity contribution in [3.8, 4) is 0 Å². The Balaban J connectivity index is 1.33. The standard InChI is InChI=1S/C18H20N4O3/c23-17(20-13-5-11-1-2-21(9-11)10-13)14-6-12-7-15(18(24)22-3-4-22)25-16(12)8-19-14/h6-8,11,13H,1-5,9-10H2,(H,20,23)/t11-,13+/m0/s1. The van der Waals surface area contributed by atoms with Gasteiger partial charge in [-0.2, -0.15) is 0 Å². The Kier molecular flexibility index (Phi) is 3.31. The molecule has 2 aromatic heterocycles. The van der Waals surface area contributed by atoms with Crippen molar-refractivity contribution in [2.45, 2.75) is 18.9 Å². The molecule has 3 aliphatic heterocycles. The normalized spacial score (nSPS) is 27.5. The lowest BCUT2D eigenvalue weighted by molar-refractivity contribution is 0.0856. The van der Waals surface area contributed by atoms with Crippen molar-refractivity contribution < 1.29 is 14.0 Å². The van der Waals surface area contributed by atoms with Crippen LogP contribution in [-0.2, 0) is 0 Å². The molecule has 3 aliphatic rings. The Labute approximate surface area is 145 Å². The monoisotopic (exact) mass is 340 g/mol. The van der Waals surface area contributed by atoms with Crippen molar-refractivity contribution in [1.82, 2.24) is 20.1 Å². The van der Waals surface area contributed by atoms with E-state index in [1.807, 2.05) is 0 Å². The molecule has 2 amide bonds. The third-order valence-electron chi connectivity index (χ3n) is 5.38. The van der Waals surface area contributed by atoms with Crippen molar-refractivity contribution >= 4 is 22.8 Å². The molecule has 0 spiro atoms. The molecule has 1 N–H and O–H groups in total. The maximum Gasteiger partial charge on any atom is 0.289 e. The topological polar surface area (TPSA) is 78.5 Å². The molecule has 7 nitrogen and oxygen atoms in total. The molecular weight excluding hydrogens is 320 g/mol. The molecule has 5 rings (SSSR count). The summed E-state index contributed by atoms with van der Waals surface area (Å²) in [5, 5.41) is 3.84. The van der Waals surface area contributed by atoms with Crippen molar-refractivity contribution in [1.29, 1.82) is 0 Å². The number of amides is 2. The van der Waals surface area contributed by atoms with E-state index in [-0.39, 0.29) is 17.9 Å². The Bertz CT molecular complexity index is 845. The van der Waals surface area contributed by atoms with Crippen LogP contribution in [-0.4, -0.2) is 65.4 Å². The average Bonchev–Trinajstić information content (AvgIpc) is 3.28. The fourth-order valence-electron chi connectivity index (χ4n) is 4.01. The number of pyridine rings is 1. The zero-order chi connectivity index (χ0) is 17.0. The van der Waals surface area contributed by atoms with Crippen LogP contribution in [0.25, 0.3) is 11.0 Å². The van der Waals surface area contributed by atoms with Crippen molar-refractivity contribution in [2.75, 3.05) is 32.7 Å². The largest absolute Gasteiger partial charge is 0.449 e. The minimum Gasteiger partial charge on any atom is -0.449 e. The summed E-state index contributed by atoms with van der Waals surface area (Å²) in [7, 11) is 0. The fraction of sp³-hybridized carbons (Fsp3) is 0.500. The maximum atomic E-state index is 12.6. The van der Waals surface area contributed by atoms with Gasteiger partial charge in [0, 0.05) is 37.6 Å². The molecule has 1 unspecified atom stereocenters. The van der Waals surface area contributed by atoms with Gasteiger partial charge < -0.3 is 19.5 Å². The molecule has 5 heterocycles. The van der Waals surface area contributed by atoms with E-state index in [0.29, 0.717) is 23.0 Å². The minimum atomic E-state index is -0.158. The van der Waals surface area contributed by atoms with Gasteiger partial charge in [-0.3, -0.25) is 9.59 Å². The number of nitrogens with zero attached hydrogens (tertiary/aromatic N) is 3. The van der Waals surface area contributed by atoms with Gasteiger partial charge >= 0.3 is 0 Å². The summed E-state index contributed by atoms with van der Waals surface area (Å²) in [5.41, 5.74) is 0.899. The van der Waals surface area contributed by atoms with E-state index in [1.165, 1.54) is 19.2 Å². The highest BCUT2D eigenvalue weighted by Crippen LogP contribution is 2.27. The molecule has 0 saturated carbocycles. The molecule has 3 saturated heterocycles.